The first-order chi connectivity index (χ1) is 7.93. The van der Waals surface area contributed by atoms with Gasteiger partial charge in [0.25, 0.3) is 5.56 Å². The molecule has 92 valence electrons. The predicted molar refractivity (Wildman–Crippen MR) is 57.3 cm³/mol. The maximum Gasteiger partial charge on any atom is 0.329 e. The predicted octanol–water partition coefficient (Wildman–Crippen LogP) is -1.21. The van der Waals surface area contributed by atoms with E-state index in [1.807, 2.05) is 4.98 Å². The third kappa shape index (κ3) is 1.41. The number of rotatable bonds is 1. The fourth-order valence-corrected chi connectivity index (χ4v) is 3.90. The number of aromatic nitrogens is 2. The van der Waals surface area contributed by atoms with E-state index in [0.717, 1.165) is 10.8 Å². The van der Waals surface area contributed by atoms with Gasteiger partial charge in [-0.2, -0.15) is 4.39 Å². The van der Waals surface area contributed by atoms with E-state index in [0.29, 0.717) is 0 Å². The Labute approximate surface area is 98.1 Å². The Bertz CT molecular complexity index is 599. The Morgan fingerprint density at radius 1 is 1.59 bits per heavy atom. The van der Waals surface area contributed by atoms with E-state index in [-0.39, 0.29) is 11.7 Å². The van der Waals surface area contributed by atoms with Crippen molar-refractivity contribution in [3.05, 3.63) is 32.9 Å². The third-order valence-corrected chi connectivity index (χ3v) is 4.89. The van der Waals surface area contributed by atoms with E-state index in [9.17, 15) is 24.2 Å². The molecule has 1 saturated carbocycles. The minimum Gasteiger partial charge on any atom is -0.389 e. The normalized spacial score (nSPS) is 39.1. The largest absolute Gasteiger partial charge is 0.389 e. The molecule has 1 unspecified atom stereocenters. The third-order valence-electron chi connectivity index (χ3n) is 3.22. The lowest BCUT2D eigenvalue weighted by Gasteiger charge is -2.16. The molecule has 1 aromatic heterocycles. The first kappa shape index (κ1) is 11.0. The minimum atomic E-state index is -1.18. The summed E-state index contributed by atoms with van der Waals surface area (Å²) in [5, 5.41) is 18.4. The summed E-state index contributed by atoms with van der Waals surface area (Å²) in [5.74, 6) is -1.04. The quantitative estimate of drug-likeness (QED) is 0.588. The van der Waals surface area contributed by atoms with Crippen molar-refractivity contribution in [1.29, 1.82) is 0 Å². The maximum atomic E-state index is 13.1. The molecular weight excluding hydrogens is 251 g/mol. The summed E-state index contributed by atoms with van der Waals surface area (Å²) in [6, 6.07) is 0. The zero-order valence-corrected chi connectivity index (χ0v) is 9.28. The Morgan fingerprint density at radius 2 is 2.29 bits per heavy atom. The van der Waals surface area contributed by atoms with Gasteiger partial charge >= 0.3 is 5.69 Å². The van der Waals surface area contributed by atoms with Crippen molar-refractivity contribution >= 4 is 11.8 Å². The first-order valence-electron chi connectivity index (χ1n) is 5.00. The number of nitrogens with one attached hydrogen (secondary N) is 1. The van der Waals surface area contributed by atoms with Gasteiger partial charge in [-0.1, -0.05) is 0 Å². The van der Waals surface area contributed by atoms with Gasteiger partial charge in [-0.05, 0) is 0 Å². The second-order valence-electron chi connectivity index (χ2n) is 4.30. The molecule has 0 spiro atoms. The molecule has 1 aliphatic heterocycles. The molecule has 0 aromatic carbocycles. The van der Waals surface area contributed by atoms with Crippen LogP contribution in [0.4, 0.5) is 4.39 Å². The van der Waals surface area contributed by atoms with Crippen molar-refractivity contribution in [3.63, 3.8) is 0 Å². The van der Waals surface area contributed by atoms with Crippen molar-refractivity contribution in [2.75, 3.05) is 0 Å². The monoisotopic (exact) mass is 260 g/mol. The van der Waals surface area contributed by atoms with Gasteiger partial charge < -0.3 is 10.2 Å². The summed E-state index contributed by atoms with van der Waals surface area (Å²) >= 11 is 1.20. The molecule has 2 fully saturated rings. The Kier molecular flexibility index (Phi) is 2.08. The molecule has 1 aromatic rings. The summed E-state index contributed by atoms with van der Waals surface area (Å²) < 4.78 is 14.1. The molecule has 1 saturated heterocycles. The van der Waals surface area contributed by atoms with Crippen molar-refractivity contribution in [2.45, 2.75) is 28.7 Å². The second kappa shape index (κ2) is 3.21. The number of fused-ring (bicyclic) bond motifs is 1. The van der Waals surface area contributed by atoms with Gasteiger partial charge in [-0.3, -0.25) is 14.3 Å². The van der Waals surface area contributed by atoms with Crippen LogP contribution in [-0.4, -0.2) is 36.7 Å². The van der Waals surface area contributed by atoms with Crippen LogP contribution >= 0.6 is 11.8 Å². The smallest absolute Gasteiger partial charge is 0.329 e. The standard InChI is InChI=1S/C9H9FN2O4S/c10-3-2-12(8(15)11-7(3)14)4-1-9(16)5(13)6(9)17-4/h2,4-6,13,16H,1H2,(H,11,14,15)/t4-,5?,6-,9-/m1/s1. The van der Waals surface area contributed by atoms with Crippen molar-refractivity contribution < 1.29 is 14.6 Å². The molecule has 0 bridgehead atoms. The molecule has 3 N–H and O–H groups in total. The Morgan fingerprint density at radius 3 is 2.88 bits per heavy atom. The van der Waals surface area contributed by atoms with Crippen LogP contribution in [0.3, 0.4) is 0 Å². The van der Waals surface area contributed by atoms with E-state index in [2.05, 4.69) is 0 Å². The maximum absolute atomic E-state index is 13.1. The molecule has 0 radical (unpaired) electrons. The van der Waals surface area contributed by atoms with Crippen molar-refractivity contribution in [2.24, 2.45) is 0 Å². The SMILES string of the molecule is O=c1[nH]c(=O)n([C@H]2C[C@@]3(O)C(O)[C@H]3S2)cc1F. The van der Waals surface area contributed by atoms with Crippen LogP contribution < -0.4 is 11.2 Å². The van der Waals surface area contributed by atoms with Gasteiger partial charge in [0.2, 0.25) is 5.82 Å². The molecule has 1 aliphatic carbocycles. The van der Waals surface area contributed by atoms with Gasteiger partial charge in [0, 0.05) is 6.42 Å². The van der Waals surface area contributed by atoms with E-state index in [1.54, 1.807) is 0 Å². The van der Waals surface area contributed by atoms with Crippen LogP contribution in [0.25, 0.3) is 0 Å². The zero-order valence-electron chi connectivity index (χ0n) is 8.46. The zero-order chi connectivity index (χ0) is 12.4. The van der Waals surface area contributed by atoms with Crippen LogP contribution in [0.5, 0.6) is 0 Å². The number of aliphatic hydroxyl groups excluding tert-OH is 1. The summed E-state index contributed by atoms with van der Waals surface area (Å²) in [6.07, 6.45) is 0.209. The number of H-pyrrole nitrogens is 1. The van der Waals surface area contributed by atoms with Gasteiger partial charge in [0.15, 0.2) is 0 Å². The van der Waals surface area contributed by atoms with Crippen molar-refractivity contribution in [1.82, 2.24) is 9.55 Å². The Hall–Kier alpha value is -1.12. The minimum absolute atomic E-state index is 0.162. The van der Waals surface area contributed by atoms with E-state index >= 15 is 0 Å². The molecular formula is C9H9FN2O4S. The number of hydrogen-bond acceptors (Lipinski definition) is 5. The number of hydrogen-bond donors (Lipinski definition) is 3. The highest BCUT2D eigenvalue weighted by atomic mass is 32.2. The second-order valence-corrected chi connectivity index (χ2v) is 5.62. The summed E-state index contributed by atoms with van der Waals surface area (Å²) in [6.45, 7) is 0. The molecule has 2 aliphatic rings. The number of aliphatic hydroxyl groups is 2. The van der Waals surface area contributed by atoms with Crippen LogP contribution in [0, 0.1) is 5.82 Å². The molecule has 17 heavy (non-hydrogen) atoms. The fourth-order valence-electron chi connectivity index (χ4n) is 2.14. The summed E-state index contributed by atoms with van der Waals surface area (Å²) in [4.78, 5) is 24.2. The van der Waals surface area contributed by atoms with Gasteiger partial charge in [0.05, 0.1) is 22.9 Å². The fraction of sp³-hybridized carbons (Fsp3) is 0.556. The van der Waals surface area contributed by atoms with Gasteiger partial charge in [-0.15, -0.1) is 11.8 Å². The summed E-state index contributed by atoms with van der Waals surface area (Å²) in [5.41, 5.74) is -2.95. The average molecular weight is 260 g/mol. The first-order valence-corrected chi connectivity index (χ1v) is 5.94. The number of halogens is 1. The van der Waals surface area contributed by atoms with Crippen molar-refractivity contribution in [3.8, 4) is 0 Å². The molecule has 0 amide bonds. The lowest BCUT2D eigenvalue weighted by Crippen LogP contribution is -2.33. The van der Waals surface area contributed by atoms with E-state index < -0.39 is 34.1 Å². The highest BCUT2D eigenvalue weighted by Gasteiger charge is 2.70. The van der Waals surface area contributed by atoms with E-state index in [4.69, 9.17) is 0 Å². The molecule has 2 heterocycles. The Balaban J connectivity index is 1.95. The lowest BCUT2D eigenvalue weighted by atomic mass is 10.2. The van der Waals surface area contributed by atoms with Gasteiger partial charge in [-0.25, -0.2) is 4.79 Å². The average Bonchev–Trinajstić information content (AvgIpc) is 2.63. The molecule has 4 atom stereocenters. The number of nitrogens with zero attached hydrogens (tertiary/aromatic N) is 1. The highest BCUT2D eigenvalue weighted by Crippen LogP contribution is 2.61. The van der Waals surface area contributed by atoms with E-state index in [1.165, 1.54) is 11.8 Å². The van der Waals surface area contributed by atoms with Crippen LogP contribution in [0.2, 0.25) is 0 Å². The summed E-state index contributed by atoms with van der Waals surface area (Å²) in [7, 11) is 0. The molecule has 3 rings (SSSR count). The number of thioether (sulfide) groups is 1. The van der Waals surface area contributed by atoms with Crippen LogP contribution in [-0.2, 0) is 0 Å². The van der Waals surface area contributed by atoms with Crippen LogP contribution in [0.1, 0.15) is 11.8 Å². The van der Waals surface area contributed by atoms with Crippen LogP contribution in [0.15, 0.2) is 15.8 Å². The molecule has 6 nitrogen and oxygen atoms in total. The molecule has 8 heteroatoms. The number of aromatic amines is 1. The topological polar surface area (TPSA) is 95.3 Å². The van der Waals surface area contributed by atoms with Gasteiger partial charge in [0.1, 0.15) is 5.60 Å². The highest BCUT2D eigenvalue weighted by molar-refractivity contribution is 8.00. The lowest BCUT2D eigenvalue weighted by molar-refractivity contribution is 0.0761.